The average molecular weight is 248 g/mol. The van der Waals surface area contributed by atoms with E-state index < -0.39 is 10.4 Å². The van der Waals surface area contributed by atoms with E-state index in [-0.39, 0.29) is 11.5 Å². The average Bonchev–Trinajstić information content (AvgIpc) is 2.09. The predicted molar refractivity (Wildman–Crippen MR) is 57.9 cm³/mol. The lowest BCUT2D eigenvalue weighted by molar-refractivity contribution is 0.381. The van der Waals surface area contributed by atoms with Crippen LogP contribution in [0.1, 0.15) is 5.56 Å². The van der Waals surface area contributed by atoms with E-state index in [0.29, 0.717) is 6.42 Å². The van der Waals surface area contributed by atoms with Gasteiger partial charge in [-0.25, -0.2) is 0 Å². The number of allylic oxidation sites excluding steroid dienone is 1. The van der Waals surface area contributed by atoms with Crippen molar-refractivity contribution >= 4 is 10.4 Å². The first-order valence-electron chi connectivity index (χ1n) is 4.05. The highest BCUT2D eigenvalue weighted by atomic mass is 32.3. The molecule has 0 spiro atoms. The summed E-state index contributed by atoms with van der Waals surface area (Å²) in [6.45, 7) is 3.56. The first kappa shape index (κ1) is 14.4. The van der Waals surface area contributed by atoms with E-state index in [1.165, 1.54) is 12.1 Å². The molecule has 0 aliphatic rings. The van der Waals surface area contributed by atoms with Gasteiger partial charge in [0.15, 0.2) is 11.5 Å². The molecule has 16 heavy (non-hydrogen) atoms. The van der Waals surface area contributed by atoms with Gasteiger partial charge in [-0.2, -0.15) is 8.42 Å². The van der Waals surface area contributed by atoms with Crippen molar-refractivity contribution < 1.29 is 27.7 Å². The van der Waals surface area contributed by atoms with E-state index in [1.807, 2.05) is 0 Å². The van der Waals surface area contributed by atoms with Crippen molar-refractivity contribution in [2.24, 2.45) is 0 Å². The zero-order valence-corrected chi connectivity index (χ0v) is 9.05. The van der Waals surface area contributed by atoms with E-state index in [1.54, 1.807) is 12.1 Å². The number of rotatable bonds is 2. The Labute approximate surface area is 93.1 Å². The molecule has 0 fully saturated rings. The third kappa shape index (κ3) is 7.80. The molecule has 1 aromatic carbocycles. The minimum absolute atomic E-state index is 0.0793. The van der Waals surface area contributed by atoms with Crippen LogP contribution in [0.4, 0.5) is 0 Å². The first-order chi connectivity index (χ1) is 7.24. The Morgan fingerprint density at radius 1 is 1.19 bits per heavy atom. The molecule has 0 radical (unpaired) electrons. The molecule has 6 nitrogen and oxygen atoms in total. The molecule has 0 heterocycles. The van der Waals surface area contributed by atoms with Gasteiger partial charge in [-0.1, -0.05) is 12.1 Å². The summed E-state index contributed by atoms with van der Waals surface area (Å²) < 4.78 is 31.6. The van der Waals surface area contributed by atoms with E-state index in [9.17, 15) is 0 Å². The van der Waals surface area contributed by atoms with Gasteiger partial charge in [0.2, 0.25) is 0 Å². The smallest absolute Gasteiger partial charge is 0.394 e. The summed E-state index contributed by atoms with van der Waals surface area (Å²) in [6, 6.07) is 4.74. The molecule has 0 unspecified atom stereocenters. The monoisotopic (exact) mass is 248 g/mol. The van der Waals surface area contributed by atoms with E-state index in [4.69, 9.17) is 27.7 Å². The number of aromatic hydroxyl groups is 2. The van der Waals surface area contributed by atoms with E-state index in [2.05, 4.69) is 6.58 Å². The number of hydrogen-bond donors (Lipinski definition) is 4. The second kappa shape index (κ2) is 6.11. The van der Waals surface area contributed by atoms with Crippen LogP contribution in [0.5, 0.6) is 11.5 Å². The standard InChI is InChI=1S/C9H10O2.H2O4S/c1-2-3-7-4-5-8(10)9(11)6-7;1-5(2,3)4/h2,4-6,10-11H,1,3H2;(H2,1,2,3,4). The molecule has 0 aromatic heterocycles. The maximum absolute atomic E-state index is 9.04. The Balaban J connectivity index is 0.000000385. The molecule has 0 atom stereocenters. The summed E-state index contributed by atoms with van der Waals surface area (Å²) in [5.41, 5.74) is 0.940. The molecule has 1 aromatic rings. The topological polar surface area (TPSA) is 115 Å². The Kier molecular flexibility index (Phi) is 5.51. The van der Waals surface area contributed by atoms with Gasteiger partial charge in [0, 0.05) is 0 Å². The van der Waals surface area contributed by atoms with Crippen LogP contribution in [0, 0.1) is 0 Å². The lowest BCUT2D eigenvalue weighted by atomic mass is 10.1. The van der Waals surface area contributed by atoms with Gasteiger partial charge in [0.25, 0.3) is 0 Å². The lowest BCUT2D eigenvalue weighted by Crippen LogP contribution is -1.89. The maximum Gasteiger partial charge on any atom is 0.394 e. The minimum Gasteiger partial charge on any atom is -0.504 e. The molecule has 4 N–H and O–H groups in total. The summed E-state index contributed by atoms with van der Waals surface area (Å²) in [4.78, 5) is 0. The van der Waals surface area contributed by atoms with Crippen molar-refractivity contribution in [3.63, 3.8) is 0 Å². The third-order valence-electron chi connectivity index (χ3n) is 1.42. The maximum atomic E-state index is 9.04. The summed E-state index contributed by atoms with van der Waals surface area (Å²) >= 11 is 0. The molecule has 90 valence electrons. The normalized spacial score (nSPS) is 10.1. The summed E-state index contributed by atoms with van der Waals surface area (Å²) in [7, 11) is -4.67. The Morgan fingerprint density at radius 3 is 2.06 bits per heavy atom. The Hall–Kier alpha value is -1.57. The fourth-order valence-electron chi connectivity index (χ4n) is 0.863. The summed E-state index contributed by atoms with van der Waals surface area (Å²) in [5.74, 6) is -0.165. The van der Waals surface area contributed by atoms with Crippen LogP contribution in [0.3, 0.4) is 0 Å². The minimum atomic E-state index is -4.67. The van der Waals surface area contributed by atoms with Gasteiger partial charge >= 0.3 is 10.4 Å². The molecule has 7 heteroatoms. The Bertz CT molecular complexity index is 443. The van der Waals surface area contributed by atoms with Gasteiger partial charge in [0.05, 0.1) is 0 Å². The van der Waals surface area contributed by atoms with Crippen LogP contribution in [0.15, 0.2) is 30.9 Å². The van der Waals surface area contributed by atoms with Crippen molar-refractivity contribution in [1.82, 2.24) is 0 Å². The van der Waals surface area contributed by atoms with Crippen LogP contribution in [-0.4, -0.2) is 27.7 Å². The highest BCUT2D eigenvalue weighted by Crippen LogP contribution is 2.24. The van der Waals surface area contributed by atoms with Crippen LogP contribution in [0.25, 0.3) is 0 Å². The van der Waals surface area contributed by atoms with Gasteiger partial charge in [-0.05, 0) is 24.1 Å². The second-order valence-electron chi connectivity index (χ2n) is 2.76. The molecule has 0 saturated heterocycles. The molecule has 0 bridgehead atoms. The Morgan fingerprint density at radius 2 is 1.69 bits per heavy atom. The SMILES string of the molecule is C=CCc1ccc(O)c(O)c1.O=S(=O)(O)O. The number of hydrogen-bond acceptors (Lipinski definition) is 4. The van der Waals surface area contributed by atoms with Crippen LogP contribution in [0.2, 0.25) is 0 Å². The quantitative estimate of drug-likeness (QED) is 0.355. The van der Waals surface area contributed by atoms with Crippen molar-refractivity contribution in [2.75, 3.05) is 0 Å². The fourth-order valence-corrected chi connectivity index (χ4v) is 0.863. The molecule has 0 saturated carbocycles. The molecular formula is C9H12O6S. The fraction of sp³-hybridized carbons (Fsp3) is 0.111. The van der Waals surface area contributed by atoms with Crippen LogP contribution < -0.4 is 0 Å². The van der Waals surface area contributed by atoms with Crippen molar-refractivity contribution in [1.29, 1.82) is 0 Å². The van der Waals surface area contributed by atoms with Crippen molar-refractivity contribution in [3.05, 3.63) is 36.4 Å². The van der Waals surface area contributed by atoms with Crippen molar-refractivity contribution in [2.45, 2.75) is 6.42 Å². The first-order valence-corrected chi connectivity index (χ1v) is 5.45. The van der Waals surface area contributed by atoms with Gasteiger partial charge in [-0.3, -0.25) is 9.11 Å². The molecule has 1 rings (SSSR count). The molecule has 0 aliphatic heterocycles. The second-order valence-corrected chi connectivity index (χ2v) is 3.66. The molecule has 0 aliphatic carbocycles. The number of phenolic OH excluding ortho intramolecular Hbond substituents is 2. The highest BCUT2D eigenvalue weighted by molar-refractivity contribution is 7.79. The van der Waals surface area contributed by atoms with Crippen LogP contribution in [-0.2, 0) is 16.8 Å². The lowest BCUT2D eigenvalue weighted by Gasteiger charge is -1.99. The number of phenols is 2. The predicted octanol–water partition coefficient (Wildman–Crippen LogP) is 1.17. The van der Waals surface area contributed by atoms with E-state index in [0.717, 1.165) is 5.56 Å². The van der Waals surface area contributed by atoms with Gasteiger partial charge < -0.3 is 10.2 Å². The summed E-state index contributed by atoms with van der Waals surface area (Å²) in [6.07, 6.45) is 2.44. The van der Waals surface area contributed by atoms with Crippen LogP contribution >= 0.6 is 0 Å². The summed E-state index contributed by atoms with van der Waals surface area (Å²) in [5, 5.41) is 18.0. The zero-order valence-electron chi connectivity index (χ0n) is 8.24. The van der Waals surface area contributed by atoms with E-state index >= 15 is 0 Å². The molecular weight excluding hydrogens is 236 g/mol. The zero-order chi connectivity index (χ0) is 12.8. The molecule has 0 amide bonds. The van der Waals surface area contributed by atoms with Gasteiger partial charge in [0.1, 0.15) is 0 Å². The highest BCUT2D eigenvalue weighted by Gasteiger charge is 1.97. The number of benzene rings is 1. The third-order valence-corrected chi connectivity index (χ3v) is 1.42. The van der Waals surface area contributed by atoms with Gasteiger partial charge in [-0.15, -0.1) is 6.58 Å². The largest absolute Gasteiger partial charge is 0.504 e. The van der Waals surface area contributed by atoms with Crippen molar-refractivity contribution in [3.8, 4) is 11.5 Å².